The molecule has 0 spiro atoms. The van der Waals surface area contributed by atoms with Gasteiger partial charge in [-0.25, -0.2) is 0 Å². The predicted octanol–water partition coefficient (Wildman–Crippen LogP) is 6.27. The van der Waals surface area contributed by atoms with Crippen LogP contribution in [0.4, 0.5) is 0 Å². The van der Waals surface area contributed by atoms with E-state index in [0.29, 0.717) is 0 Å². The highest BCUT2D eigenvalue weighted by Crippen LogP contribution is 2.42. The highest BCUT2D eigenvalue weighted by Gasteiger charge is 2.16. The highest BCUT2D eigenvalue weighted by atomic mass is 79.9. The third kappa shape index (κ3) is 2.95. The topological polar surface area (TPSA) is 0 Å². The molecule has 1 aromatic carbocycles. The SMILES string of the molecule is Cc1ccc(C(Br)c2cc(Br)c(Cl)s2)c(C)c1. The summed E-state index contributed by atoms with van der Waals surface area (Å²) in [5.74, 6) is 0. The van der Waals surface area contributed by atoms with Crippen molar-refractivity contribution in [3.05, 3.63) is 54.6 Å². The number of benzene rings is 1. The maximum Gasteiger partial charge on any atom is 0.107 e. The maximum atomic E-state index is 6.08. The van der Waals surface area contributed by atoms with Crippen LogP contribution in [-0.2, 0) is 0 Å². The van der Waals surface area contributed by atoms with Crippen molar-refractivity contribution in [2.75, 3.05) is 0 Å². The molecule has 2 aromatic rings. The van der Waals surface area contributed by atoms with Crippen LogP contribution >= 0.6 is 54.8 Å². The zero-order valence-corrected chi connectivity index (χ0v) is 14.2. The van der Waals surface area contributed by atoms with E-state index in [-0.39, 0.29) is 4.83 Å². The Hall–Kier alpha value is 0.170. The molecule has 0 N–H and O–H groups in total. The molecule has 0 amide bonds. The second-order valence-corrected chi connectivity index (χ2v) is 7.45. The maximum absolute atomic E-state index is 6.08. The monoisotopic (exact) mass is 392 g/mol. The van der Waals surface area contributed by atoms with Crippen LogP contribution < -0.4 is 0 Å². The fraction of sp³-hybridized carbons (Fsp3) is 0.231. The Bertz CT molecular complexity index is 529. The summed E-state index contributed by atoms with van der Waals surface area (Å²) in [5.41, 5.74) is 3.88. The lowest BCUT2D eigenvalue weighted by Gasteiger charge is -2.12. The minimum absolute atomic E-state index is 0.205. The molecule has 0 bridgehead atoms. The van der Waals surface area contributed by atoms with Crippen molar-refractivity contribution in [3.8, 4) is 0 Å². The van der Waals surface area contributed by atoms with Gasteiger partial charge in [-0.2, -0.15) is 0 Å². The molecule has 0 nitrogen and oxygen atoms in total. The van der Waals surface area contributed by atoms with Crippen LogP contribution in [0.3, 0.4) is 0 Å². The molecule has 0 radical (unpaired) electrons. The van der Waals surface area contributed by atoms with Gasteiger partial charge in [0.1, 0.15) is 4.34 Å². The van der Waals surface area contributed by atoms with Crippen LogP contribution in [0.15, 0.2) is 28.7 Å². The number of hydrogen-bond acceptors (Lipinski definition) is 1. The smallest absolute Gasteiger partial charge is 0.107 e. The van der Waals surface area contributed by atoms with E-state index in [1.807, 2.05) is 0 Å². The molecule has 1 heterocycles. The van der Waals surface area contributed by atoms with Gasteiger partial charge in [0.05, 0.1) is 4.83 Å². The van der Waals surface area contributed by atoms with Gasteiger partial charge in [0.25, 0.3) is 0 Å². The lowest BCUT2D eigenvalue weighted by Crippen LogP contribution is -1.93. The Morgan fingerprint density at radius 2 is 1.94 bits per heavy atom. The van der Waals surface area contributed by atoms with Crippen molar-refractivity contribution in [3.63, 3.8) is 0 Å². The molecule has 90 valence electrons. The lowest BCUT2D eigenvalue weighted by molar-refractivity contribution is 1.17. The lowest BCUT2D eigenvalue weighted by atomic mass is 10.0. The predicted molar refractivity (Wildman–Crippen MR) is 83.7 cm³/mol. The summed E-state index contributed by atoms with van der Waals surface area (Å²) in [6.07, 6.45) is 0. The van der Waals surface area contributed by atoms with Crippen molar-refractivity contribution < 1.29 is 0 Å². The summed E-state index contributed by atoms with van der Waals surface area (Å²) in [5, 5.41) is 0. The summed E-state index contributed by atoms with van der Waals surface area (Å²) in [6.45, 7) is 4.25. The fourth-order valence-corrected chi connectivity index (χ4v) is 4.41. The first kappa shape index (κ1) is 13.6. The Morgan fingerprint density at radius 1 is 1.24 bits per heavy atom. The van der Waals surface area contributed by atoms with Gasteiger partial charge in [-0.3, -0.25) is 0 Å². The molecule has 4 heteroatoms. The summed E-state index contributed by atoms with van der Waals surface area (Å²) in [4.78, 5) is 1.42. The molecule has 1 aromatic heterocycles. The van der Waals surface area contributed by atoms with Gasteiger partial charge >= 0.3 is 0 Å². The highest BCUT2D eigenvalue weighted by molar-refractivity contribution is 9.10. The minimum atomic E-state index is 0.205. The van der Waals surface area contributed by atoms with E-state index in [1.54, 1.807) is 11.3 Å². The number of rotatable bonds is 2. The largest absolute Gasteiger partial charge is 0.126 e. The van der Waals surface area contributed by atoms with Gasteiger partial charge < -0.3 is 0 Å². The molecule has 17 heavy (non-hydrogen) atoms. The third-order valence-electron chi connectivity index (χ3n) is 2.61. The Kier molecular flexibility index (Phi) is 4.35. The van der Waals surface area contributed by atoms with Gasteiger partial charge in [0, 0.05) is 9.35 Å². The van der Waals surface area contributed by atoms with Gasteiger partial charge in [0.2, 0.25) is 0 Å². The molecular formula is C13H11Br2ClS. The zero-order chi connectivity index (χ0) is 12.6. The van der Waals surface area contributed by atoms with Crippen molar-refractivity contribution in [2.24, 2.45) is 0 Å². The van der Waals surface area contributed by atoms with Crippen LogP contribution in [0.2, 0.25) is 4.34 Å². The van der Waals surface area contributed by atoms with Crippen LogP contribution in [0.1, 0.15) is 26.4 Å². The van der Waals surface area contributed by atoms with E-state index in [2.05, 4.69) is 70.0 Å². The van der Waals surface area contributed by atoms with Crippen LogP contribution in [0.25, 0.3) is 0 Å². The van der Waals surface area contributed by atoms with Crippen molar-refractivity contribution in [2.45, 2.75) is 18.7 Å². The van der Waals surface area contributed by atoms with E-state index in [1.165, 1.54) is 21.6 Å². The molecule has 2 rings (SSSR count). The Morgan fingerprint density at radius 3 is 2.47 bits per heavy atom. The van der Waals surface area contributed by atoms with E-state index >= 15 is 0 Å². The van der Waals surface area contributed by atoms with E-state index in [0.717, 1.165) is 8.81 Å². The molecule has 0 aliphatic carbocycles. The zero-order valence-electron chi connectivity index (χ0n) is 9.43. The van der Waals surface area contributed by atoms with Crippen LogP contribution in [0, 0.1) is 13.8 Å². The molecule has 0 saturated carbocycles. The van der Waals surface area contributed by atoms with Crippen molar-refractivity contribution >= 4 is 54.8 Å². The second kappa shape index (κ2) is 5.43. The summed E-state index contributed by atoms with van der Waals surface area (Å²) >= 11 is 14.9. The quantitative estimate of drug-likeness (QED) is 0.527. The van der Waals surface area contributed by atoms with E-state index < -0.39 is 0 Å². The van der Waals surface area contributed by atoms with Crippen LogP contribution in [-0.4, -0.2) is 0 Å². The van der Waals surface area contributed by atoms with Gasteiger partial charge in [-0.05, 0) is 47.0 Å². The molecule has 0 fully saturated rings. The second-order valence-electron chi connectivity index (χ2n) is 3.99. The minimum Gasteiger partial charge on any atom is -0.126 e. The molecule has 0 saturated heterocycles. The Balaban J connectivity index is 2.39. The summed E-state index contributed by atoms with van der Waals surface area (Å²) in [6, 6.07) is 8.59. The standard InChI is InChI=1S/C13H11Br2ClS/c1-7-3-4-9(8(2)5-7)12(15)11-6-10(14)13(16)17-11/h3-6,12H,1-2H3. The molecule has 0 aliphatic rings. The molecule has 1 atom stereocenters. The van der Waals surface area contributed by atoms with Gasteiger partial charge in [-0.1, -0.05) is 51.3 Å². The van der Waals surface area contributed by atoms with Gasteiger partial charge in [0.15, 0.2) is 0 Å². The third-order valence-corrected chi connectivity index (χ3v) is 6.44. The fourth-order valence-electron chi connectivity index (χ4n) is 1.75. The molecule has 1 unspecified atom stereocenters. The first-order valence-electron chi connectivity index (χ1n) is 5.15. The van der Waals surface area contributed by atoms with Gasteiger partial charge in [-0.15, -0.1) is 11.3 Å². The van der Waals surface area contributed by atoms with Crippen molar-refractivity contribution in [1.82, 2.24) is 0 Å². The summed E-state index contributed by atoms with van der Waals surface area (Å²) in [7, 11) is 0. The number of aryl methyl sites for hydroxylation is 2. The number of hydrogen-bond donors (Lipinski definition) is 0. The first-order chi connectivity index (χ1) is 7.99. The molecule has 0 aliphatic heterocycles. The number of thiophene rings is 1. The first-order valence-corrected chi connectivity index (χ1v) is 8.05. The van der Waals surface area contributed by atoms with E-state index in [4.69, 9.17) is 11.6 Å². The van der Waals surface area contributed by atoms with E-state index in [9.17, 15) is 0 Å². The Labute approximate surface area is 127 Å². The average Bonchev–Trinajstić information content (AvgIpc) is 2.58. The normalized spacial score (nSPS) is 12.8. The summed E-state index contributed by atoms with van der Waals surface area (Å²) < 4.78 is 1.77. The molecular weight excluding hydrogens is 383 g/mol. The number of halogens is 3. The van der Waals surface area contributed by atoms with Crippen LogP contribution in [0.5, 0.6) is 0 Å². The van der Waals surface area contributed by atoms with Crippen molar-refractivity contribution in [1.29, 1.82) is 0 Å². The average molecular weight is 395 g/mol. The number of alkyl halides is 1.